The number of rotatable bonds is 5. The van der Waals surface area contributed by atoms with Crippen molar-refractivity contribution < 1.29 is 14.1 Å². The van der Waals surface area contributed by atoms with Crippen molar-refractivity contribution in [2.24, 2.45) is 0 Å². The third-order valence-corrected chi connectivity index (χ3v) is 3.47. The molecule has 15 heavy (non-hydrogen) atoms. The van der Waals surface area contributed by atoms with Crippen molar-refractivity contribution in [2.75, 3.05) is 0 Å². The molecule has 0 aliphatic heterocycles. The van der Waals surface area contributed by atoms with E-state index < -0.39 is 26.2 Å². The number of hydrogen-bond acceptors (Lipinski definition) is 3. The number of carbonyl (C=O) groups excluding carboxylic acids is 2. The Morgan fingerprint density at radius 1 is 1.00 bits per heavy atom. The summed E-state index contributed by atoms with van der Waals surface area (Å²) in [7, 11) is 0. The van der Waals surface area contributed by atoms with Crippen molar-refractivity contribution in [3.63, 3.8) is 0 Å². The zero-order valence-electron chi connectivity index (χ0n) is 6.47. The molecule has 0 spiro atoms. The van der Waals surface area contributed by atoms with Crippen molar-refractivity contribution in [3.8, 4) is 0 Å². The van der Waals surface area contributed by atoms with Crippen molar-refractivity contribution in [1.29, 1.82) is 0 Å². The summed E-state index contributed by atoms with van der Waals surface area (Å²) in [5.74, 6) is 0. The van der Waals surface area contributed by atoms with Crippen LogP contribution in [0.4, 0.5) is 0 Å². The van der Waals surface area contributed by atoms with E-state index in [1.54, 1.807) is 0 Å². The summed E-state index contributed by atoms with van der Waals surface area (Å²) in [5, 5.41) is -3.83. The molecule has 0 bridgehead atoms. The van der Waals surface area contributed by atoms with E-state index in [-0.39, 0.29) is 0 Å². The maximum absolute atomic E-state index is 10.8. The van der Waals surface area contributed by atoms with Gasteiger partial charge in [-0.05, 0) is 0 Å². The number of hydrogen-bond donors (Lipinski definition) is 0. The van der Waals surface area contributed by atoms with Gasteiger partial charge in [0.05, 0.1) is 0 Å². The summed E-state index contributed by atoms with van der Waals surface area (Å²) < 4.78 is 0.0185. The topological polar surface area (TPSA) is 43.4 Å². The molecular weight excluding hydrogens is 375 g/mol. The fourth-order valence-electron chi connectivity index (χ4n) is 0.501. The molecule has 0 saturated carbocycles. The fourth-order valence-corrected chi connectivity index (χ4v) is 2.74. The Morgan fingerprint density at radius 2 is 1.40 bits per heavy atom. The van der Waals surface area contributed by atoms with Crippen LogP contribution >= 0.6 is 84.0 Å². The molecule has 0 aromatic heterocycles. The van der Waals surface area contributed by atoms with Crippen LogP contribution in [0.2, 0.25) is 0 Å². The molecule has 0 rings (SSSR count). The number of halogens is 7. The molecule has 0 N–H and O–H groups in total. The first-order chi connectivity index (χ1) is 6.40. The summed E-state index contributed by atoms with van der Waals surface area (Å²) in [6.07, 6.45) is -1.72. The van der Waals surface area contributed by atoms with Crippen molar-refractivity contribution >= 4 is 94.5 Å². The SMILES string of the molecule is O=C(Cl)C(Cl)C(OP(Cl)(Cl)(Cl)Cl)C(=O)Cl. The van der Waals surface area contributed by atoms with Crippen molar-refractivity contribution in [2.45, 2.75) is 11.5 Å². The molecular formula is C4H2Cl7O3P. The van der Waals surface area contributed by atoms with E-state index in [0.717, 1.165) is 0 Å². The van der Waals surface area contributed by atoms with Crippen LogP contribution in [0.1, 0.15) is 0 Å². The number of carbonyl (C=O) groups is 2. The first-order valence-corrected chi connectivity index (χ1v) is 9.98. The second kappa shape index (κ2) is 5.60. The average Bonchev–Trinajstić information content (AvgIpc) is 1.95. The van der Waals surface area contributed by atoms with Gasteiger partial charge in [0.1, 0.15) is 0 Å². The second-order valence-corrected chi connectivity index (χ2v) is 15.8. The van der Waals surface area contributed by atoms with Crippen LogP contribution in [0.3, 0.4) is 0 Å². The minimum atomic E-state index is -4.56. The summed E-state index contributed by atoms with van der Waals surface area (Å²) >= 11 is 36.9. The van der Waals surface area contributed by atoms with Crippen LogP contribution in [0, 0.1) is 0 Å². The molecule has 0 radical (unpaired) electrons. The summed E-state index contributed by atoms with van der Waals surface area (Å²) in [6, 6.07) is 0. The molecule has 0 saturated heterocycles. The van der Waals surface area contributed by atoms with E-state index in [1.807, 2.05) is 0 Å². The maximum atomic E-state index is 10.8. The molecule has 2 unspecified atom stereocenters. The van der Waals surface area contributed by atoms with E-state index in [1.165, 1.54) is 0 Å². The normalized spacial score (nSPS) is 18.7. The van der Waals surface area contributed by atoms with E-state index in [2.05, 4.69) is 4.52 Å². The van der Waals surface area contributed by atoms with Crippen molar-refractivity contribution in [1.82, 2.24) is 0 Å². The first kappa shape index (κ1) is 16.8. The molecule has 0 fully saturated rings. The van der Waals surface area contributed by atoms with E-state index in [9.17, 15) is 9.59 Å². The molecule has 0 aromatic rings. The van der Waals surface area contributed by atoms with Gasteiger partial charge in [-0.25, -0.2) is 0 Å². The summed E-state index contributed by atoms with van der Waals surface area (Å²) in [4.78, 5) is 21.5. The van der Waals surface area contributed by atoms with Gasteiger partial charge in [0.25, 0.3) is 0 Å². The fraction of sp³-hybridized carbons (Fsp3) is 0.500. The minimum absolute atomic E-state index is 1.09. The van der Waals surface area contributed by atoms with Crippen LogP contribution in [-0.2, 0) is 14.1 Å². The third kappa shape index (κ3) is 7.64. The predicted molar refractivity (Wildman–Crippen MR) is 66.6 cm³/mol. The summed E-state index contributed by atoms with van der Waals surface area (Å²) in [5.41, 5.74) is 0. The van der Waals surface area contributed by atoms with Crippen molar-refractivity contribution in [3.05, 3.63) is 0 Å². The molecule has 0 aliphatic carbocycles. The zero-order chi connectivity index (χ0) is 12.5. The first-order valence-electron chi connectivity index (χ1n) is 3.01. The second-order valence-electron chi connectivity index (χ2n) is 2.20. The predicted octanol–water partition coefficient (Wildman–Crippen LogP) is 4.59. The molecule has 90 valence electrons. The third-order valence-electron chi connectivity index (χ3n) is 0.979. The summed E-state index contributed by atoms with van der Waals surface area (Å²) in [6.45, 7) is 0. The van der Waals surface area contributed by atoms with Crippen LogP contribution in [0.15, 0.2) is 0 Å². The molecule has 2 atom stereocenters. The molecule has 3 nitrogen and oxygen atoms in total. The quantitative estimate of drug-likeness (QED) is 0.400. The average molecular weight is 377 g/mol. The van der Waals surface area contributed by atoms with E-state index in [4.69, 9.17) is 79.8 Å². The molecule has 0 heterocycles. The molecule has 11 heteroatoms. The Bertz CT molecular complexity index is 276. The number of alkyl halides is 1. The van der Waals surface area contributed by atoms with Gasteiger partial charge in [0.2, 0.25) is 0 Å². The van der Waals surface area contributed by atoms with Gasteiger partial charge in [-0.1, -0.05) is 0 Å². The standard InChI is InChI=1S/C4H2Cl7O3P/c5-1(3(6)12)2(4(7)13)14-15(8,9,10)11/h1-2H. The van der Waals surface area contributed by atoms with E-state index in [0.29, 0.717) is 0 Å². The Labute approximate surface area is 119 Å². The monoisotopic (exact) mass is 374 g/mol. The molecule has 0 aromatic carbocycles. The van der Waals surface area contributed by atoms with Gasteiger partial charge in [0.15, 0.2) is 0 Å². The van der Waals surface area contributed by atoms with Gasteiger partial charge in [-0.3, -0.25) is 0 Å². The van der Waals surface area contributed by atoms with Crippen LogP contribution in [-0.4, -0.2) is 22.0 Å². The molecule has 0 aliphatic rings. The van der Waals surface area contributed by atoms with Gasteiger partial charge in [-0.15, -0.1) is 0 Å². The van der Waals surface area contributed by atoms with Gasteiger partial charge in [-0.2, -0.15) is 0 Å². The van der Waals surface area contributed by atoms with Gasteiger partial charge < -0.3 is 0 Å². The van der Waals surface area contributed by atoms with Gasteiger partial charge >= 0.3 is 120 Å². The Kier molecular flexibility index (Phi) is 6.26. The van der Waals surface area contributed by atoms with Gasteiger partial charge in [0, 0.05) is 0 Å². The zero-order valence-corrected chi connectivity index (χ0v) is 12.7. The Hall–Kier alpha value is 1.76. The van der Waals surface area contributed by atoms with Crippen LogP contribution in [0.5, 0.6) is 0 Å². The van der Waals surface area contributed by atoms with E-state index >= 15 is 0 Å². The molecule has 0 amide bonds. The Balaban J connectivity index is 4.87. The van der Waals surface area contributed by atoms with Crippen LogP contribution < -0.4 is 0 Å². The van der Waals surface area contributed by atoms with Crippen LogP contribution in [0.25, 0.3) is 0 Å². The Morgan fingerprint density at radius 3 is 1.60 bits per heavy atom.